The van der Waals surface area contributed by atoms with Gasteiger partial charge in [-0.1, -0.05) is 33.6 Å². The molecule has 1 amide bonds. The summed E-state index contributed by atoms with van der Waals surface area (Å²) in [5, 5.41) is 2.46. The van der Waals surface area contributed by atoms with Crippen molar-refractivity contribution in [3.05, 3.63) is 33.3 Å². The second-order valence-corrected chi connectivity index (χ2v) is 4.79. The molecule has 0 saturated carbocycles. The predicted octanol–water partition coefficient (Wildman–Crippen LogP) is 2.78. The first-order valence-corrected chi connectivity index (χ1v) is 5.92. The fourth-order valence-electron chi connectivity index (χ4n) is 1.32. The maximum Gasteiger partial charge on any atom is 0.401 e. The average molecular weight is 346 g/mol. The molecule has 0 saturated heterocycles. The van der Waals surface area contributed by atoms with E-state index in [1.165, 1.54) is 18.2 Å². The van der Waals surface area contributed by atoms with Gasteiger partial charge in [-0.2, -0.15) is 13.2 Å². The highest BCUT2D eigenvalue weighted by molar-refractivity contribution is 9.10. The first kappa shape index (κ1) is 15.3. The van der Waals surface area contributed by atoms with Gasteiger partial charge in [-0.3, -0.25) is 10.1 Å². The molecule has 1 unspecified atom stereocenters. The maximum absolute atomic E-state index is 12.1. The van der Waals surface area contributed by atoms with Crippen LogP contribution in [-0.2, 0) is 4.79 Å². The van der Waals surface area contributed by atoms with Crippen LogP contribution in [0.25, 0.3) is 0 Å². The fourth-order valence-corrected chi connectivity index (χ4v) is 2.23. The lowest BCUT2D eigenvalue weighted by atomic mass is 10.1. The zero-order valence-corrected chi connectivity index (χ0v) is 11.2. The van der Waals surface area contributed by atoms with Gasteiger partial charge in [0, 0.05) is 9.50 Å². The van der Waals surface area contributed by atoms with Gasteiger partial charge in [-0.25, -0.2) is 0 Å². The zero-order valence-electron chi connectivity index (χ0n) is 8.89. The van der Waals surface area contributed by atoms with Gasteiger partial charge in [0.1, 0.15) is 6.04 Å². The van der Waals surface area contributed by atoms with Crippen LogP contribution >= 0.6 is 27.5 Å². The van der Waals surface area contributed by atoms with Crippen molar-refractivity contribution in [1.29, 1.82) is 0 Å². The summed E-state index contributed by atoms with van der Waals surface area (Å²) >= 11 is 8.83. The van der Waals surface area contributed by atoms with Gasteiger partial charge in [0.2, 0.25) is 5.91 Å². The number of rotatable bonds is 4. The Morgan fingerprint density at radius 2 is 2.11 bits per heavy atom. The Morgan fingerprint density at radius 1 is 1.50 bits per heavy atom. The van der Waals surface area contributed by atoms with Crippen LogP contribution in [-0.4, -0.2) is 18.6 Å². The minimum Gasteiger partial charge on any atom is -0.368 e. The molecular weight excluding hydrogens is 336 g/mol. The average Bonchev–Trinajstić information content (AvgIpc) is 2.18. The summed E-state index contributed by atoms with van der Waals surface area (Å²) in [5.74, 6) is -0.901. The molecule has 0 spiro atoms. The van der Waals surface area contributed by atoms with Gasteiger partial charge in [-0.05, 0) is 17.7 Å². The van der Waals surface area contributed by atoms with Crippen molar-refractivity contribution in [3.63, 3.8) is 0 Å². The van der Waals surface area contributed by atoms with E-state index in [0.29, 0.717) is 15.1 Å². The van der Waals surface area contributed by atoms with Crippen LogP contribution in [0.3, 0.4) is 0 Å². The summed E-state index contributed by atoms with van der Waals surface area (Å²) < 4.78 is 36.7. The number of carbonyl (C=O) groups is 1. The van der Waals surface area contributed by atoms with Crippen LogP contribution in [0.1, 0.15) is 11.6 Å². The van der Waals surface area contributed by atoms with Gasteiger partial charge in [0.15, 0.2) is 0 Å². The van der Waals surface area contributed by atoms with Crippen molar-refractivity contribution in [3.8, 4) is 0 Å². The summed E-state index contributed by atoms with van der Waals surface area (Å²) in [6.07, 6.45) is -4.42. The first-order valence-electron chi connectivity index (χ1n) is 4.75. The number of benzene rings is 1. The number of nitrogens with one attached hydrogen (secondary N) is 1. The van der Waals surface area contributed by atoms with E-state index in [1.807, 2.05) is 0 Å². The van der Waals surface area contributed by atoms with Crippen molar-refractivity contribution in [2.75, 3.05) is 6.54 Å². The molecular formula is C10H9BrClF3N2O. The number of halogens is 5. The molecule has 0 aliphatic rings. The molecule has 8 heteroatoms. The molecule has 1 aromatic rings. The van der Waals surface area contributed by atoms with Gasteiger partial charge in [-0.15, -0.1) is 0 Å². The Morgan fingerprint density at radius 3 is 2.56 bits per heavy atom. The van der Waals surface area contributed by atoms with Crippen molar-refractivity contribution in [2.24, 2.45) is 5.73 Å². The molecule has 1 atom stereocenters. The number of primary amides is 1. The van der Waals surface area contributed by atoms with E-state index in [9.17, 15) is 18.0 Å². The number of amides is 1. The third kappa shape index (κ3) is 4.47. The Labute approximate surface area is 115 Å². The maximum atomic E-state index is 12.1. The first-order chi connectivity index (χ1) is 8.20. The SMILES string of the molecule is NC(=O)C(NCC(F)(F)F)c1ccc(Cl)cc1Br. The van der Waals surface area contributed by atoms with Gasteiger partial charge >= 0.3 is 6.18 Å². The topological polar surface area (TPSA) is 55.1 Å². The van der Waals surface area contributed by atoms with E-state index in [2.05, 4.69) is 21.2 Å². The molecule has 1 rings (SSSR count). The molecule has 0 aromatic heterocycles. The van der Waals surface area contributed by atoms with Crippen LogP contribution in [0, 0.1) is 0 Å². The van der Waals surface area contributed by atoms with E-state index in [0.717, 1.165) is 0 Å². The van der Waals surface area contributed by atoms with Crippen LogP contribution in [0.2, 0.25) is 5.02 Å². The highest BCUT2D eigenvalue weighted by Gasteiger charge is 2.30. The van der Waals surface area contributed by atoms with E-state index in [4.69, 9.17) is 17.3 Å². The Kier molecular flexibility index (Phi) is 5.01. The highest BCUT2D eigenvalue weighted by atomic mass is 79.9. The van der Waals surface area contributed by atoms with Crippen molar-refractivity contribution in [1.82, 2.24) is 5.32 Å². The summed E-state index contributed by atoms with van der Waals surface area (Å²) in [6, 6.07) is 3.14. The third-order valence-corrected chi connectivity index (χ3v) is 2.99. The number of hydrogen-bond acceptors (Lipinski definition) is 2. The molecule has 3 N–H and O–H groups in total. The second-order valence-electron chi connectivity index (χ2n) is 3.50. The lowest BCUT2D eigenvalue weighted by Crippen LogP contribution is -2.39. The largest absolute Gasteiger partial charge is 0.401 e. The third-order valence-electron chi connectivity index (χ3n) is 2.06. The lowest BCUT2D eigenvalue weighted by Gasteiger charge is -2.18. The van der Waals surface area contributed by atoms with Crippen LogP contribution in [0.5, 0.6) is 0 Å². The Balaban J connectivity index is 2.95. The fraction of sp³-hybridized carbons (Fsp3) is 0.300. The number of hydrogen-bond donors (Lipinski definition) is 2. The molecule has 18 heavy (non-hydrogen) atoms. The van der Waals surface area contributed by atoms with Gasteiger partial charge < -0.3 is 5.73 Å². The van der Waals surface area contributed by atoms with Crippen LogP contribution < -0.4 is 11.1 Å². The van der Waals surface area contributed by atoms with Gasteiger partial charge in [0.25, 0.3) is 0 Å². The molecule has 0 bridgehead atoms. The molecule has 0 fully saturated rings. The molecule has 100 valence electrons. The standard InChI is InChI=1S/C10H9BrClF3N2O/c11-7-3-5(12)1-2-6(7)8(9(16)18)17-4-10(13,14)15/h1-3,8,17H,4H2,(H2,16,18). The second kappa shape index (κ2) is 5.90. The van der Waals surface area contributed by atoms with Crippen molar-refractivity contribution >= 4 is 33.4 Å². The Hall–Kier alpha value is -0.790. The molecule has 1 aromatic carbocycles. The summed E-state index contributed by atoms with van der Waals surface area (Å²) in [7, 11) is 0. The summed E-state index contributed by atoms with van der Waals surface area (Å²) in [5.41, 5.74) is 5.38. The van der Waals surface area contributed by atoms with Crippen molar-refractivity contribution < 1.29 is 18.0 Å². The monoisotopic (exact) mass is 344 g/mol. The summed E-state index contributed by atoms with van der Waals surface area (Å²) in [4.78, 5) is 11.2. The smallest absolute Gasteiger partial charge is 0.368 e. The molecule has 0 heterocycles. The van der Waals surface area contributed by atoms with E-state index in [-0.39, 0.29) is 0 Å². The number of nitrogens with two attached hydrogens (primary N) is 1. The normalized spacial score (nSPS) is 13.4. The van der Waals surface area contributed by atoms with Crippen LogP contribution in [0.15, 0.2) is 22.7 Å². The number of alkyl halides is 3. The number of carbonyl (C=O) groups excluding carboxylic acids is 1. The minimum atomic E-state index is -4.42. The van der Waals surface area contributed by atoms with Crippen LogP contribution in [0.4, 0.5) is 13.2 Å². The molecule has 0 aliphatic carbocycles. The predicted molar refractivity (Wildman–Crippen MR) is 65.1 cm³/mol. The lowest BCUT2D eigenvalue weighted by molar-refractivity contribution is -0.130. The highest BCUT2D eigenvalue weighted by Crippen LogP contribution is 2.27. The summed E-state index contributed by atoms with van der Waals surface area (Å²) in [6.45, 7) is -1.31. The minimum absolute atomic E-state index is 0.302. The van der Waals surface area contributed by atoms with E-state index in [1.54, 1.807) is 0 Å². The zero-order chi connectivity index (χ0) is 13.9. The van der Waals surface area contributed by atoms with Crippen molar-refractivity contribution in [2.45, 2.75) is 12.2 Å². The van der Waals surface area contributed by atoms with E-state index < -0.39 is 24.7 Å². The Bertz CT molecular complexity index is 453. The van der Waals surface area contributed by atoms with E-state index >= 15 is 0 Å². The van der Waals surface area contributed by atoms with Gasteiger partial charge in [0.05, 0.1) is 6.54 Å². The molecule has 0 radical (unpaired) electrons. The quantitative estimate of drug-likeness (QED) is 0.882. The molecule has 3 nitrogen and oxygen atoms in total. The molecule has 0 aliphatic heterocycles.